The number of aliphatic hydroxyl groups is 2. The molecule has 0 heterocycles. The summed E-state index contributed by atoms with van der Waals surface area (Å²) in [7, 11) is 0. The van der Waals surface area contributed by atoms with Gasteiger partial charge in [-0.3, -0.25) is 9.59 Å². The summed E-state index contributed by atoms with van der Waals surface area (Å²) in [4.78, 5) is 24.6. The fraction of sp³-hybridized carbons (Fsp3) is 0.855. The Balaban J connectivity index is 3.42. The third kappa shape index (κ3) is 60.9. The Kier molecular flexibility index (Phi) is 62.5. The van der Waals surface area contributed by atoms with Crippen molar-refractivity contribution in [1.82, 2.24) is 5.32 Å². The van der Waals surface area contributed by atoms with Crippen LogP contribution in [0.2, 0.25) is 0 Å². The molecule has 0 aliphatic carbocycles. The highest BCUT2D eigenvalue weighted by molar-refractivity contribution is 5.76. The Labute approximate surface area is 467 Å². The van der Waals surface area contributed by atoms with Crippen molar-refractivity contribution in [3.8, 4) is 0 Å². The molecule has 0 aromatic carbocycles. The highest BCUT2D eigenvalue weighted by Gasteiger charge is 2.20. The standard InChI is InChI=1S/C69H129NO5/c1-3-5-7-9-11-13-15-17-19-20-28-32-35-39-43-47-51-55-59-63-69(74)75-64-60-56-52-48-44-40-36-33-30-27-25-23-21-22-24-26-29-31-34-38-42-46-50-54-58-62-68(73)70-66(65-71)67(72)61-57-53-49-45-41-37-18-16-14-12-10-8-6-4-2/h11,13,17,19,22-25,66-67,71-72H,3-10,12,14-16,18,20-21,26-65H2,1-2H3,(H,70,73)/b13-11-,19-17-,24-22-,25-23-. The summed E-state index contributed by atoms with van der Waals surface area (Å²) in [5, 5.41) is 23.3. The number of amides is 1. The fourth-order valence-electron chi connectivity index (χ4n) is 10.2. The molecule has 0 saturated heterocycles. The van der Waals surface area contributed by atoms with Gasteiger partial charge in [0.05, 0.1) is 25.4 Å². The molecule has 2 atom stereocenters. The van der Waals surface area contributed by atoms with E-state index >= 15 is 0 Å². The second-order valence-corrected chi connectivity index (χ2v) is 22.8. The first-order chi connectivity index (χ1) is 37.0. The van der Waals surface area contributed by atoms with Crippen molar-refractivity contribution in [1.29, 1.82) is 0 Å². The lowest BCUT2D eigenvalue weighted by Crippen LogP contribution is -2.45. The molecule has 1 amide bonds. The summed E-state index contributed by atoms with van der Waals surface area (Å²) in [5.74, 6) is -0.0349. The molecular formula is C69H129NO5. The van der Waals surface area contributed by atoms with Crippen molar-refractivity contribution in [2.24, 2.45) is 0 Å². The lowest BCUT2D eigenvalue weighted by atomic mass is 10.0. The normalized spacial score (nSPS) is 12.9. The van der Waals surface area contributed by atoms with Crippen molar-refractivity contribution in [3.63, 3.8) is 0 Å². The molecule has 0 radical (unpaired) electrons. The molecule has 0 aliphatic rings. The zero-order valence-electron chi connectivity index (χ0n) is 50.3. The predicted molar refractivity (Wildman–Crippen MR) is 329 cm³/mol. The molecule has 0 spiro atoms. The molecule has 440 valence electrons. The van der Waals surface area contributed by atoms with Gasteiger partial charge in [0.15, 0.2) is 0 Å². The first-order valence-electron chi connectivity index (χ1n) is 33.4. The van der Waals surface area contributed by atoms with E-state index in [0.717, 1.165) is 57.8 Å². The van der Waals surface area contributed by atoms with E-state index in [-0.39, 0.29) is 18.5 Å². The number of rotatable bonds is 62. The van der Waals surface area contributed by atoms with Crippen molar-refractivity contribution >= 4 is 11.9 Å². The number of unbranched alkanes of at least 4 members (excludes halogenated alkanes) is 43. The van der Waals surface area contributed by atoms with Crippen molar-refractivity contribution in [2.45, 2.75) is 366 Å². The fourth-order valence-corrected chi connectivity index (χ4v) is 10.2. The zero-order valence-corrected chi connectivity index (χ0v) is 50.3. The van der Waals surface area contributed by atoms with Crippen LogP contribution in [0.3, 0.4) is 0 Å². The molecule has 0 rings (SSSR count). The highest BCUT2D eigenvalue weighted by atomic mass is 16.5. The van der Waals surface area contributed by atoms with Gasteiger partial charge in [-0.05, 0) is 89.9 Å². The van der Waals surface area contributed by atoms with E-state index in [1.54, 1.807) is 0 Å². The monoisotopic (exact) mass is 1050 g/mol. The summed E-state index contributed by atoms with van der Waals surface area (Å²) < 4.78 is 5.50. The van der Waals surface area contributed by atoms with Gasteiger partial charge in [0.25, 0.3) is 0 Å². The van der Waals surface area contributed by atoms with Gasteiger partial charge in [-0.2, -0.15) is 0 Å². The molecule has 0 aromatic rings. The molecule has 2 unspecified atom stereocenters. The van der Waals surface area contributed by atoms with Crippen LogP contribution in [0.1, 0.15) is 354 Å². The van der Waals surface area contributed by atoms with Crippen LogP contribution in [0.4, 0.5) is 0 Å². The molecule has 0 aliphatic heterocycles. The number of allylic oxidation sites excluding steroid dienone is 8. The molecule has 0 aromatic heterocycles. The summed E-state index contributed by atoms with van der Waals surface area (Å²) in [6.07, 6.45) is 82.8. The smallest absolute Gasteiger partial charge is 0.305 e. The summed E-state index contributed by atoms with van der Waals surface area (Å²) in [6.45, 7) is 4.94. The highest BCUT2D eigenvalue weighted by Crippen LogP contribution is 2.17. The van der Waals surface area contributed by atoms with Crippen molar-refractivity contribution in [2.75, 3.05) is 13.2 Å². The lowest BCUT2D eigenvalue weighted by Gasteiger charge is -2.22. The zero-order chi connectivity index (χ0) is 54.3. The minimum absolute atomic E-state index is 0.00525. The minimum Gasteiger partial charge on any atom is -0.466 e. The number of hydrogen-bond donors (Lipinski definition) is 3. The number of carbonyl (C=O) groups excluding carboxylic acids is 2. The van der Waals surface area contributed by atoms with E-state index in [1.807, 2.05) is 0 Å². The Morgan fingerprint density at radius 2 is 0.667 bits per heavy atom. The minimum atomic E-state index is -0.669. The average Bonchev–Trinajstić information content (AvgIpc) is 3.41. The Morgan fingerprint density at radius 1 is 0.373 bits per heavy atom. The van der Waals surface area contributed by atoms with E-state index in [2.05, 4.69) is 67.8 Å². The topological polar surface area (TPSA) is 95.9 Å². The first-order valence-corrected chi connectivity index (χ1v) is 33.4. The van der Waals surface area contributed by atoms with E-state index in [9.17, 15) is 19.8 Å². The van der Waals surface area contributed by atoms with Gasteiger partial charge in [-0.15, -0.1) is 0 Å². The quantitative estimate of drug-likeness (QED) is 0.0320. The average molecular weight is 1050 g/mol. The third-order valence-electron chi connectivity index (χ3n) is 15.4. The van der Waals surface area contributed by atoms with Gasteiger partial charge >= 0.3 is 5.97 Å². The molecule has 0 saturated carbocycles. The summed E-state index contributed by atoms with van der Waals surface area (Å²) in [5.41, 5.74) is 0. The molecular weight excluding hydrogens is 923 g/mol. The SMILES string of the molecule is CCCCC/C=C\C/C=C\CCCCCCCCCCCC(=O)OCCCCCCCCCCC/C=C\C/C=C\CCCCCCCCCCCC(=O)NC(CO)C(O)CCCCCCCCCCCCCCCC. The van der Waals surface area contributed by atoms with E-state index < -0.39 is 12.1 Å². The second-order valence-electron chi connectivity index (χ2n) is 22.8. The predicted octanol–water partition coefficient (Wildman–Crippen LogP) is 21.3. The molecule has 6 heteroatoms. The second kappa shape index (κ2) is 64.3. The van der Waals surface area contributed by atoms with Gasteiger partial charge in [0.2, 0.25) is 5.91 Å². The van der Waals surface area contributed by atoms with E-state index in [0.29, 0.717) is 25.9 Å². The Bertz CT molecular complexity index is 1260. The third-order valence-corrected chi connectivity index (χ3v) is 15.4. The van der Waals surface area contributed by atoms with E-state index in [1.165, 1.54) is 263 Å². The van der Waals surface area contributed by atoms with Crippen molar-refractivity contribution in [3.05, 3.63) is 48.6 Å². The maximum absolute atomic E-state index is 12.5. The molecule has 0 fully saturated rings. The van der Waals surface area contributed by atoms with Crippen LogP contribution in [-0.2, 0) is 14.3 Å². The van der Waals surface area contributed by atoms with Gasteiger partial charge in [0, 0.05) is 12.8 Å². The number of aliphatic hydroxyl groups excluding tert-OH is 2. The lowest BCUT2D eigenvalue weighted by molar-refractivity contribution is -0.143. The first kappa shape index (κ1) is 72.8. The van der Waals surface area contributed by atoms with E-state index in [4.69, 9.17) is 4.74 Å². The molecule has 3 N–H and O–H groups in total. The maximum Gasteiger partial charge on any atom is 0.305 e. The maximum atomic E-state index is 12.5. The number of nitrogens with one attached hydrogen (secondary N) is 1. The van der Waals surface area contributed by atoms with Crippen LogP contribution in [0.15, 0.2) is 48.6 Å². The number of ether oxygens (including phenoxy) is 1. The van der Waals surface area contributed by atoms with Crippen LogP contribution < -0.4 is 5.32 Å². The summed E-state index contributed by atoms with van der Waals surface area (Å²) in [6, 6.07) is -0.546. The number of carbonyl (C=O) groups is 2. The largest absolute Gasteiger partial charge is 0.466 e. The summed E-state index contributed by atoms with van der Waals surface area (Å²) >= 11 is 0. The van der Waals surface area contributed by atoms with Gasteiger partial charge < -0.3 is 20.3 Å². The van der Waals surface area contributed by atoms with Gasteiger partial charge in [-0.1, -0.05) is 300 Å². The molecule has 75 heavy (non-hydrogen) atoms. The van der Waals surface area contributed by atoms with Crippen LogP contribution in [0.5, 0.6) is 0 Å². The van der Waals surface area contributed by atoms with Crippen LogP contribution >= 0.6 is 0 Å². The van der Waals surface area contributed by atoms with Crippen LogP contribution in [0, 0.1) is 0 Å². The number of esters is 1. The molecule has 6 nitrogen and oxygen atoms in total. The Hall–Kier alpha value is -2.18. The van der Waals surface area contributed by atoms with Gasteiger partial charge in [0.1, 0.15) is 0 Å². The van der Waals surface area contributed by atoms with Crippen LogP contribution in [0.25, 0.3) is 0 Å². The van der Waals surface area contributed by atoms with Crippen molar-refractivity contribution < 1.29 is 24.5 Å². The van der Waals surface area contributed by atoms with Crippen LogP contribution in [-0.4, -0.2) is 47.4 Å². The van der Waals surface area contributed by atoms with Gasteiger partial charge in [-0.25, -0.2) is 0 Å². The Morgan fingerprint density at radius 3 is 1.04 bits per heavy atom. The number of hydrogen-bond acceptors (Lipinski definition) is 5. The molecule has 0 bridgehead atoms.